The summed E-state index contributed by atoms with van der Waals surface area (Å²) in [7, 11) is 0. The highest BCUT2D eigenvalue weighted by Gasteiger charge is 2.10. The highest BCUT2D eigenvalue weighted by Crippen LogP contribution is 2.32. The number of aromatic nitrogens is 1. The number of rotatable bonds is 11. The van der Waals surface area contributed by atoms with Gasteiger partial charge >= 0.3 is 0 Å². The van der Waals surface area contributed by atoms with Crippen molar-refractivity contribution >= 4 is 43.4 Å². The van der Waals surface area contributed by atoms with Gasteiger partial charge in [-0.25, -0.2) is 4.98 Å². The number of thiazole rings is 1. The largest absolute Gasteiger partial charge is 0.302 e. The molecule has 1 aromatic heterocycles. The van der Waals surface area contributed by atoms with Crippen LogP contribution in [-0.2, 0) is 4.79 Å². The van der Waals surface area contributed by atoms with Crippen molar-refractivity contribution in [3.8, 4) is 0 Å². The molecule has 0 fully saturated rings. The predicted octanol–water partition coefficient (Wildman–Crippen LogP) is 7.31. The van der Waals surface area contributed by atoms with Crippen molar-refractivity contribution in [1.82, 2.24) is 4.98 Å². The summed E-state index contributed by atoms with van der Waals surface area (Å²) in [5, 5.41) is 6.11. The minimum absolute atomic E-state index is 0.0845. The van der Waals surface area contributed by atoms with Crippen molar-refractivity contribution < 1.29 is 4.79 Å². The fourth-order valence-corrected chi connectivity index (χ4v) is 4.50. The third kappa shape index (κ3) is 5.77. The Balaban J connectivity index is 1.41. The van der Waals surface area contributed by atoms with Crippen LogP contribution in [0.5, 0.6) is 0 Å². The molecular formula is C23H30N2OS. The van der Waals surface area contributed by atoms with Crippen LogP contribution in [0.25, 0.3) is 21.0 Å². The van der Waals surface area contributed by atoms with Gasteiger partial charge in [0.15, 0.2) is 5.13 Å². The first-order valence-corrected chi connectivity index (χ1v) is 11.2. The zero-order chi connectivity index (χ0) is 18.9. The number of nitrogens with one attached hydrogen (secondary N) is 1. The summed E-state index contributed by atoms with van der Waals surface area (Å²) < 4.78 is 1.14. The molecule has 3 rings (SSSR count). The Morgan fingerprint density at radius 1 is 0.926 bits per heavy atom. The number of unbranched alkanes of at least 4 members (excludes halogenated alkanes) is 8. The molecule has 3 nitrogen and oxygen atoms in total. The number of nitrogens with zero attached hydrogens (tertiary/aromatic N) is 1. The molecule has 0 spiro atoms. The van der Waals surface area contributed by atoms with Crippen LogP contribution in [0.1, 0.15) is 71.1 Å². The van der Waals surface area contributed by atoms with Gasteiger partial charge in [0.05, 0.1) is 10.2 Å². The summed E-state index contributed by atoms with van der Waals surface area (Å²) >= 11 is 1.57. The van der Waals surface area contributed by atoms with Crippen molar-refractivity contribution in [2.75, 3.05) is 5.32 Å². The molecule has 0 saturated carbocycles. The number of anilines is 1. The monoisotopic (exact) mass is 382 g/mol. The number of hydrogen-bond donors (Lipinski definition) is 1. The first kappa shape index (κ1) is 19.8. The van der Waals surface area contributed by atoms with Crippen LogP contribution >= 0.6 is 11.3 Å². The summed E-state index contributed by atoms with van der Waals surface area (Å²) in [5.74, 6) is 0.0845. The van der Waals surface area contributed by atoms with E-state index in [4.69, 9.17) is 0 Å². The van der Waals surface area contributed by atoms with Gasteiger partial charge in [-0.05, 0) is 17.9 Å². The van der Waals surface area contributed by atoms with Crippen molar-refractivity contribution in [1.29, 1.82) is 0 Å². The van der Waals surface area contributed by atoms with E-state index in [2.05, 4.69) is 35.4 Å². The Labute approximate surface area is 166 Å². The number of carbonyl (C=O) groups is 1. The number of fused-ring (bicyclic) bond motifs is 3. The Hall–Kier alpha value is -1.94. The SMILES string of the molecule is CCCCCCCCCCCC(=O)Nc1nc2ccc3ccccc3c2s1. The molecule has 0 aliphatic carbocycles. The quantitative estimate of drug-likeness (QED) is 0.353. The van der Waals surface area contributed by atoms with Gasteiger partial charge in [-0.1, -0.05) is 100.0 Å². The summed E-state index contributed by atoms with van der Waals surface area (Å²) in [4.78, 5) is 16.8. The van der Waals surface area contributed by atoms with E-state index in [1.54, 1.807) is 11.3 Å². The average Bonchev–Trinajstić information content (AvgIpc) is 3.09. The van der Waals surface area contributed by atoms with E-state index in [-0.39, 0.29) is 5.91 Å². The standard InChI is InChI=1S/C23H30N2OS/c1-2-3-4-5-6-7-8-9-10-15-21(26)25-23-24-20-17-16-18-13-11-12-14-19(18)22(20)27-23/h11-14,16-17H,2-10,15H2,1H3,(H,24,25,26). The van der Waals surface area contributed by atoms with Crippen LogP contribution < -0.4 is 5.32 Å². The Kier molecular flexibility index (Phi) is 7.64. The molecular weight excluding hydrogens is 352 g/mol. The second-order valence-corrected chi connectivity index (χ2v) is 8.28. The van der Waals surface area contributed by atoms with Crippen LogP contribution in [0, 0.1) is 0 Å². The van der Waals surface area contributed by atoms with E-state index in [0.717, 1.165) is 23.1 Å². The van der Waals surface area contributed by atoms with Crippen LogP contribution in [0.3, 0.4) is 0 Å². The lowest BCUT2D eigenvalue weighted by Crippen LogP contribution is -2.10. The van der Waals surface area contributed by atoms with E-state index < -0.39 is 0 Å². The molecule has 3 aromatic rings. The van der Waals surface area contributed by atoms with Gasteiger partial charge in [0.1, 0.15) is 0 Å². The molecule has 27 heavy (non-hydrogen) atoms. The van der Waals surface area contributed by atoms with Crippen LogP contribution in [-0.4, -0.2) is 10.9 Å². The third-order valence-corrected chi connectivity index (χ3v) is 6.05. The molecule has 0 saturated heterocycles. The maximum absolute atomic E-state index is 12.2. The zero-order valence-corrected chi connectivity index (χ0v) is 17.1. The molecule has 1 heterocycles. The van der Waals surface area contributed by atoms with Crippen LogP contribution in [0.15, 0.2) is 36.4 Å². The van der Waals surface area contributed by atoms with E-state index in [0.29, 0.717) is 11.6 Å². The van der Waals surface area contributed by atoms with Crippen molar-refractivity contribution in [2.45, 2.75) is 71.1 Å². The predicted molar refractivity (Wildman–Crippen MR) is 118 cm³/mol. The lowest BCUT2D eigenvalue weighted by Gasteiger charge is -2.03. The lowest BCUT2D eigenvalue weighted by atomic mass is 10.1. The topological polar surface area (TPSA) is 42.0 Å². The van der Waals surface area contributed by atoms with Gasteiger partial charge in [0.25, 0.3) is 0 Å². The Bertz CT molecular complexity index is 871. The summed E-state index contributed by atoms with van der Waals surface area (Å²) in [5.41, 5.74) is 0.956. The van der Waals surface area contributed by atoms with E-state index in [1.165, 1.54) is 55.7 Å². The zero-order valence-electron chi connectivity index (χ0n) is 16.3. The molecule has 0 bridgehead atoms. The second kappa shape index (κ2) is 10.4. The maximum atomic E-state index is 12.2. The van der Waals surface area contributed by atoms with Crippen molar-refractivity contribution in [3.63, 3.8) is 0 Å². The van der Waals surface area contributed by atoms with Gasteiger partial charge in [0.2, 0.25) is 5.91 Å². The van der Waals surface area contributed by atoms with Crippen LogP contribution in [0.2, 0.25) is 0 Å². The number of carbonyl (C=O) groups excluding carboxylic acids is 1. The van der Waals surface area contributed by atoms with Gasteiger partial charge in [-0.2, -0.15) is 0 Å². The fourth-order valence-electron chi connectivity index (χ4n) is 3.49. The highest BCUT2D eigenvalue weighted by molar-refractivity contribution is 7.23. The van der Waals surface area contributed by atoms with Crippen molar-refractivity contribution in [2.24, 2.45) is 0 Å². The normalized spacial score (nSPS) is 11.3. The summed E-state index contributed by atoms with van der Waals surface area (Å²) in [6, 6.07) is 12.4. The van der Waals surface area contributed by atoms with E-state index in [1.807, 2.05) is 18.2 Å². The molecule has 4 heteroatoms. The Morgan fingerprint density at radius 3 is 2.41 bits per heavy atom. The second-order valence-electron chi connectivity index (χ2n) is 7.28. The molecule has 0 atom stereocenters. The molecule has 144 valence electrons. The molecule has 0 unspecified atom stereocenters. The van der Waals surface area contributed by atoms with Gasteiger partial charge in [-0.15, -0.1) is 0 Å². The minimum atomic E-state index is 0.0845. The van der Waals surface area contributed by atoms with Crippen molar-refractivity contribution in [3.05, 3.63) is 36.4 Å². The molecule has 0 radical (unpaired) electrons. The third-order valence-electron chi connectivity index (χ3n) is 5.03. The van der Waals surface area contributed by atoms with Crippen LogP contribution in [0.4, 0.5) is 5.13 Å². The number of benzene rings is 2. The van der Waals surface area contributed by atoms with Gasteiger partial charge in [-0.3, -0.25) is 4.79 Å². The highest BCUT2D eigenvalue weighted by atomic mass is 32.1. The molecule has 0 aliphatic heterocycles. The first-order chi connectivity index (χ1) is 13.3. The number of amides is 1. The fraction of sp³-hybridized carbons (Fsp3) is 0.478. The maximum Gasteiger partial charge on any atom is 0.226 e. The van der Waals surface area contributed by atoms with Gasteiger partial charge < -0.3 is 5.32 Å². The molecule has 0 aliphatic rings. The van der Waals surface area contributed by atoms with E-state index in [9.17, 15) is 4.79 Å². The lowest BCUT2D eigenvalue weighted by molar-refractivity contribution is -0.116. The number of hydrogen-bond acceptors (Lipinski definition) is 3. The summed E-state index contributed by atoms with van der Waals surface area (Å²) in [6.45, 7) is 2.25. The van der Waals surface area contributed by atoms with E-state index >= 15 is 0 Å². The molecule has 1 amide bonds. The smallest absolute Gasteiger partial charge is 0.226 e. The average molecular weight is 383 g/mol. The first-order valence-electron chi connectivity index (χ1n) is 10.4. The molecule has 1 N–H and O–H groups in total. The summed E-state index contributed by atoms with van der Waals surface area (Å²) in [6.07, 6.45) is 12.0. The van der Waals surface area contributed by atoms with Gasteiger partial charge in [0, 0.05) is 11.8 Å². The molecule has 2 aromatic carbocycles. The Morgan fingerprint density at radius 2 is 1.63 bits per heavy atom. The minimum Gasteiger partial charge on any atom is -0.302 e.